The van der Waals surface area contributed by atoms with Gasteiger partial charge in [-0.05, 0) is 6.07 Å². The number of rotatable bonds is 0. The molecule has 0 saturated heterocycles. The number of phenolic OH excluding ortho intramolecular Hbond substituents is 2. The van der Waals surface area contributed by atoms with Gasteiger partial charge in [-0.2, -0.15) is 0 Å². The van der Waals surface area contributed by atoms with Crippen LogP contribution in [-0.4, -0.2) is 32.0 Å². The van der Waals surface area contributed by atoms with Gasteiger partial charge in [0.05, 0.1) is 12.0 Å². The Kier molecular flexibility index (Phi) is 2.01. The monoisotopic (exact) mass is 224 g/mol. The van der Waals surface area contributed by atoms with E-state index in [0.29, 0.717) is 0 Å². The van der Waals surface area contributed by atoms with E-state index in [-0.39, 0.29) is 5.56 Å². The Labute approximate surface area is 89.4 Å². The van der Waals surface area contributed by atoms with E-state index in [2.05, 4.69) is 0 Å². The number of aliphatic hydroxyl groups is 2. The SMILES string of the molecule is O=C1CC(=O)C(O)(O)c2cc(O)cc(O)c21. The first-order valence-electron chi connectivity index (χ1n) is 4.41. The minimum absolute atomic E-state index is 0.345. The minimum atomic E-state index is -2.85. The van der Waals surface area contributed by atoms with Crippen molar-refractivity contribution >= 4 is 11.6 Å². The third-order valence-electron chi connectivity index (χ3n) is 2.47. The first kappa shape index (κ1) is 10.6. The number of Topliss-reactive ketones (excluding diaryl/α,β-unsaturated/α-hetero) is 2. The number of phenols is 2. The van der Waals surface area contributed by atoms with E-state index in [9.17, 15) is 24.9 Å². The molecule has 4 N–H and O–H groups in total. The van der Waals surface area contributed by atoms with Gasteiger partial charge in [0.15, 0.2) is 5.78 Å². The molecule has 0 radical (unpaired) electrons. The molecule has 1 aliphatic carbocycles. The first-order chi connectivity index (χ1) is 7.34. The zero-order chi connectivity index (χ0) is 12.1. The highest BCUT2D eigenvalue weighted by molar-refractivity contribution is 6.16. The average Bonchev–Trinajstić information content (AvgIpc) is 2.13. The molecule has 0 saturated carbocycles. The third-order valence-corrected chi connectivity index (χ3v) is 2.47. The summed E-state index contributed by atoms with van der Waals surface area (Å²) in [5.74, 6) is -5.70. The zero-order valence-electron chi connectivity index (χ0n) is 7.97. The molecule has 0 aliphatic heterocycles. The number of aromatic hydroxyl groups is 2. The molecule has 1 aromatic carbocycles. The van der Waals surface area contributed by atoms with Crippen molar-refractivity contribution in [2.75, 3.05) is 0 Å². The number of hydrogen-bond acceptors (Lipinski definition) is 6. The first-order valence-corrected chi connectivity index (χ1v) is 4.41. The van der Waals surface area contributed by atoms with Crippen LogP contribution >= 0.6 is 0 Å². The van der Waals surface area contributed by atoms with Gasteiger partial charge in [0.1, 0.15) is 11.5 Å². The molecule has 2 rings (SSSR count). The highest BCUT2D eigenvalue weighted by Crippen LogP contribution is 2.38. The number of carbonyl (C=O) groups excluding carboxylic acids is 2. The highest BCUT2D eigenvalue weighted by atomic mass is 16.5. The van der Waals surface area contributed by atoms with E-state index in [4.69, 9.17) is 5.11 Å². The van der Waals surface area contributed by atoms with E-state index >= 15 is 0 Å². The number of fused-ring (bicyclic) bond motifs is 1. The predicted octanol–water partition coefficient (Wildman–Crippen LogP) is -0.609. The second-order valence-electron chi connectivity index (χ2n) is 3.58. The quantitative estimate of drug-likeness (QED) is 0.345. The summed E-state index contributed by atoms with van der Waals surface area (Å²) >= 11 is 0. The van der Waals surface area contributed by atoms with Gasteiger partial charge in [-0.25, -0.2) is 0 Å². The lowest BCUT2D eigenvalue weighted by Crippen LogP contribution is -2.41. The topological polar surface area (TPSA) is 115 Å². The summed E-state index contributed by atoms with van der Waals surface area (Å²) in [6, 6.07) is 1.76. The van der Waals surface area contributed by atoms with Crippen LogP contribution in [0.2, 0.25) is 0 Å². The minimum Gasteiger partial charge on any atom is -0.508 e. The predicted molar refractivity (Wildman–Crippen MR) is 49.8 cm³/mol. The Hall–Kier alpha value is -1.92. The molecule has 0 atom stereocenters. The highest BCUT2D eigenvalue weighted by Gasteiger charge is 2.45. The molecule has 0 heterocycles. The van der Waals surface area contributed by atoms with Gasteiger partial charge in [0.25, 0.3) is 5.79 Å². The van der Waals surface area contributed by atoms with Crippen LogP contribution in [0.4, 0.5) is 0 Å². The van der Waals surface area contributed by atoms with Crippen LogP contribution in [0.3, 0.4) is 0 Å². The van der Waals surface area contributed by atoms with Crippen LogP contribution in [0.1, 0.15) is 22.3 Å². The molecule has 1 aliphatic rings. The summed E-state index contributed by atoms with van der Waals surface area (Å²) in [5, 5.41) is 37.6. The normalized spacial score (nSPS) is 18.4. The molecule has 0 aromatic heterocycles. The zero-order valence-corrected chi connectivity index (χ0v) is 7.97. The maximum absolute atomic E-state index is 11.4. The summed E-state index contributed by atoms with van der Waals surface area (Å²) in [6.45, 7) is 0. The van der Waals surface area contributed by atoms with Gasteiger partial charge in [-0.1, -0.05) is 0 Å². The number of benzene rings is 1. The van der Waals surface area contributed by atoms with Gasteiger partial charge < -0.3 is 20.4 Å². The lowest BCUT2D eigenvalue weighted by molar-refractivity contribution is -0.187. The molecule has 6 nitrogen and oxygen atoms in total. The van der Waals surface area contributed by atoms with Crippen LogP contribution in [0.25, 0.3) is 0 Å². The standard InChI is InChI=1S/C10H8O6/c11-4-1-5-9(6(12)2-4)7(13)3-8(14)10(5,15)16/h1-2,11-12,15-16H,3H2. The van der Waals surface area contributed by atoms with Crippen molar-refractivity contribution in [3.8, 4) is 11.5 Å². The van der Waals surface area contributed by atoms with Crippen molar-refractivity contribution in [3.63, 3.8) is 0 Å². The maximum atomic E-state index is 11.4. The van der Waals surface area contributed by atoms with Crippen molar-refractivity contribution in [3.05, 3.63) is 23.3 Å². The number of hydrogen-bond donors (Lipinski definition) is 4. The molecule has 84 valence electrons. The molecule has 0 fully saturated rings. The smallest absolute Gasteiger partial charge is 0.252 e. The van der Waals surface area contributed by atoms with E-state index in [1.54, 1.807) is 0 Å². The molecule has 0 amide bonds. The van der Waals surface area contributed by atoms with Crippen molar-refractivity contribution < 1.29 is 30.0 Å². The van der Waals surface area contributed by atoms with E-state index < -0.39 is 40.8 Å². The Bertz CT molecular complexity index is 502. The fourth-order valence-electron chi connectivity index (χ4n) is 1.69. The maximum Gasteiger partial charge on any atom is 0.252 e. The molecule has 6 heteroatoms. The van der Waals surface area contributed by atoms with E-state index in [1.807, 2.05) is 0 Å². The van der Waals surface area contributed by atoms with Gasteiger partial charge in [0.2, 0.25) is 5.78 Å². The van der Waals surface area contributed by atoms with Crippen molar-refractivity contribution in [2.24, 2.45) is 0 Å². The molecular formula is C10H8O6. The molecule has 0 bridgehead atoms. The van der Waals surface area contributed by atoms with Crippen LogP contribution < -0.4 is 0 Å². The summed E-state index contributed by atoms with van der Waals surface area (Å²) in [5.41, 5.74) is -0.839. The van der Waals surface area contributed by atoms with Crippen molar-refractivity contribution in [2.45, 2.75) is 12.2 Å². The Morgan fingerprint density at radius 2 is 1.75 bits per heavy atom. The second-order valence-corrected chi connectivity index (χ2v) is 3.58. The Morgan fingerprint density at radius 1 is 1.12 bits per heavy atom. The molecule has 16 heavy (non-hydrogen) atoms. The second kappa shape index (κ2) is 3.03. The van der Waals surface area contributed by atoms with Crippen LogP contribution in [0, 0.1) is 0 Å². The molecular weight excluding hydrogens is 216 g/mol. The van der Waals surface area contributed by atoms with Crippen molar-refractivity contribution in [1.29, 1.82) is 0 Å². The fraction of sp³-hybridized carbons (Fsp3) is 0.200. The van der Waals surface area contributed by atoms with E-state index in [0.717, 1.165) is 12.1 Å². The molecule has 1 aromatic rings. The van der Waals surface area contributed by atoms with Crippen LogP contribution in [0.5, 0.6) is 11.5 Å². The van der Waals surface area contributed by atoms with Gasteiger partial charge in [-0.15, -0.1) is 0 Å². The lowest BCUT2D eigenvalue weighted by atomic mass is 9.84. The summed E-state index contributed by atoms with van der Waals surface area (Å²) < 4.78 is 0. The Morgan fingerprint density at radius 3 is 2.38 bits per heavy atom. The third kappa shape index (κ3) is 1.28. The van der Waals surface area contributed by atoms with Gasteiger partial charge in [-0.3, -0.25) is 9.59 Å². The van der Waals surface area contributed by atoms with Crippen LogP contribution in [0.15, 0.2) is 12.1 Å². The fourth-order valence-corrected chi connectivity index (χ4v) is 1.69. The van der Waals surface area contributed by atoms with E-state index in [1.165, 1.54) is 0 Å². The van der Waals surface area contributed by atoms with Gasteiger partial charge >= 0.3 is 0 Å². The summed E-state index contributed by atoms with van der Waals surface area (Å²) in [6.07, 6.45) is -0.696. The van der Waals surface area contributed by atoms with Crippen LogP contribution in [-0.2, 0) is 10.6 Å². The van der Waals surface area contributed by atoms with Gasteiger partial charge in [0, 0.05) is 11.6 Å². The van der Waals surface area contributed by atoms with Crippen molar-refractivity contribution in [1.82, 2.24) is 0 Å². The lowest BCUT2D eigenvalue weighted by Gasteiger charge is -2.27. The average molecular weight is 224 g/mol. The number of ketones is 2. The summed E-state index contributed by atoms with van der Waals surface area (Å²) in [7, 11) is 0. The Balaban J connectivity index is 2.79. The largest absolute Gasteiger partial charge is 0.508 e. The molecule has 0 spiro atoms. The summed E-state index contributed by atoms with van der Waals surface area (Å²) in [4.78, 5) is 22.7. The molecule has 0 unspecified atom stereocenters. The number of carbonyl (C=O) groups is 2.